The Morgan fingerprint density at radius 2 is 1.19 bits per heavy atom. The van der Waals surface area contributed by atoms with Gasteiger partial charge in [-0.25, -0.2) is 0 Å². The van der Waals surface area contributed by atoms with Crippen molar-refractivity contribution in [1.82, 2.24) is 4.90 Å². The molecule has 3 rings (SSSR count). The molecular weight excluding hydrogens is 342 g/mol. The molecule has 0 spiro atoms. The molecule has 0 heterocycles. The van der Waals surface area contributed by atoms with Crippen LogP contribution in [0.4, 0.5) is 0 Å². The summed E-state index contributed by atoms with van der Waals surface area (Å²) in [5.74, 6) is 0.0577. The number of hydrogen-bond acceptors (Lipinski definition) is 2. The zero-order valence-corrected chi connectivity index (χ0v) is 16.2. The highest BCUT2D eigenvalue weighted by atomic mass is 35.5. The van der Waals surface area contributed by atoms with Crippen LogP contribution in [0.5, 0.6) is 0 Å². The van der Waals surface area contributed by atoms with E-state index in [9.17, 15) is 4.79 Å². The minimum atomic E-state index is 0. The van der Waals surface area contributed by atoms with E-state index in [1.54, 1.807) is 0 Å². The van der Waals surface area contributed by atoms with Crippen molar-refractivity contribution in [3.63, 3.8) is 0 Å². The summed E-state index contributed by atoms with van der Waals surface area (Å²) >= 11 is 0. The van der Waals surface area contributed by atoms with Crippen molar-refractivity contribution in [3.05, 3.63) is 95.6 Å². The number of hydrogen-bond donors (Lipinski definition) is 0. The second kappa shape index (κ2) is 8.79. The Morgan fingerprint density at radius 1 is 0.731 bits per heavy atom. The summed E-state index contributed by atoms with van der Waals surface area (Å²) in [5.41, 5.74) is 5.01. The van der Waals surface area contributed by atoms with E-state index in [-0.39, 0.29) is 18.2 Å². The van der Waals surface area contributed by atoms with Crippen LogP contribution >= 0.6 is 12.4 Å². The van der Waals surface area contributed by atoms with Crippen molar-refractivity contribution >= 4 is 18.2 Å². The first-order chi connectivity index (χ1) is 12.1. The molecule has 1 atom stereocenters. The van der Waals surface area contributed by atoms with Crippen molar-refractivity contribution in [3.8, 4) is 11.1 Å². The Hall–Kier alpha value is -2.42. The zero-order chi connectivity index (χ0) is 17.8. The highest BCUT2D eigenvalue weighted by Gasteiger charge is 2.10. The molecule has 26 heavy (non-hydrogen) atoms. The number of nitrogens with zero attached hydrogens (tertiary/aromatic N) is 1. The van der Waals surface area contributed by atoms with E-state index in [0.717, 1.165) is 16.7 Å². The highest BCUT2D eigenvalue weighted by Crippen LogP contribution is 2.24. The van der Waals surface area contributed by atoms with Crippen LogP contribution < -0.4 is 0 Å². The molecule has 0 aromatic heterocycles. The van der Waals surface area contributed by atoms with Crippen molar-refractivity contribution < 1.29 is 4.79 Å². The summed E-state index contributed by atoms with van der Waals surface area (Å²) in [6, 6.07) is 26.2. The fourth-order valence-corrected chi connectivity index (χ4v) is 2.82. The Morgan fingerprint density at radius 3 is 1.69 bits per heavy atom. The monoisotopic (exact) mass is 365 g/mol. The van der Waals surface area contributed by atoms with Crippen LogP contribution in [0.2, 0.25) is 0 Å². The van der Waals surface area contributed by atoms with Crippen molar-refractivity contribution in [2.75, 3.05) is 14.1 Å². The van der Waals surface area contributed by atoms with E-state index >= 15 is 0 Å². The Labute approximate surface area is 161 Å². The van der Waals surface area contributed by atoms with Gasteiger partial charge in [0.05, 0.1) is 0 Å². The lowest BCUT2D eigenvalue weighted by Crippen LogP contribution is -2.16. The smallest absolute Gasteiger partial charge is 0.193 e. The molecule has 0 fully saturated rings. The minimum Gasteiger partial charge on any atom is -0.303 e. The molecule has 0 N–H and O–H groups in total. The summed E-state index contributed by atoms with van der Waals surface area (Å²) in [5, 5.41) is 0. The van der Waals surface area contributed by atoms with E-state index < -0.39 is 0 Å². The SMILES string of the molecule is CC(c1ccc(-c2ccc(C(=O)c3ccccc3)cc2)cc1)N(C)C.Cl. The molecule has 3 aromatic rings. The summed E-state index contributed by atoms with van der Waals surface area (Å²) < 4.78 is 0. The molecule has 0 aliphatic heterocycles. The number of rotatable bonds is 5. The largest absolute Gasteiger partial charge is 0.303 e. The number of carbonyl (C=O) groups is 1. The maximum Gasteiger partial charge on any atom is 0.193 e. The second-order valence-electron chi connectivity index (χ2n) is 6.53. The summed E-state index contributed by atoms with van der Waals surface area (Å²) in [6.07, 6.45) is 0. The third-order valence-electron chi connectivity index (χ3n) is 4.68. The molecular formula is C23H24ClNO. The predicted molar refractivity (Wildman–Crippen MR) is 111 cm³/mol. The fraction of sp³-hybridized carbons (Fsp3) is 0.174. The lowest BCUT2D eigenvalue weighted by Gasteiger charge is -2.20. The maximum atomic E-state index is 12.5. The first-order valence-electron chi connectivity index (χ1n) is 8.53. The second-order valence-corrected chi connectivity index (χ2v) is 6.53. The van der Waals surface area contributed by atoms with Gasteiger partial charge in [0.25, 0.3) is 0 Å². The van der Waals surface area contributed by atoms with Crippen LogP contribution in [0.25, 0.3) is 11.1 Å². The van der Waals surface area contributed by atoms with Gasteiger partial charge < -0.3 is 4.90 Å². The van der Waals surface area contributed by atoms with Crippen LogP contribution in [-0.2, 0) is 0 Å². The molecule has 0 saturated heterocycles. The number of halogens is 1. The molecule has 0 bridgehead atoms. The molecule has 2 nitrogen and oxygen atoms in total. The molecule has 134 valence electrons. The van der Waals surface area contributed by atoms with Crippen molar-refractivity contribution in [2.24, 2.45) is 0 Å². The Kier molecular flexibility index (Phi) is 6.73. The van der Waals surface area contributed by atoms with Crippen molar-refractivity contribution in [1.29, 1.82) is 0 Å². The fourth-order valence-electron chi connectivity index (χ4n) is 2.82. The first-order valence-corrected chi connectivity index (χ1v) is 8.53. The number of benzene rings is 3. The van der Waals surface area contributed by atoms with E-state index in [0.29, 0.717) is 11.6 Å². The number of carbonyl (C=O) groups excluding carboxylic acids is 1. The summed E-state index contributed by atoms with van der Waals surface area (Å²) in [6.45, 7) is 2.19. The predicted octanol–water partition coefficient (Wildman–Crippen LogP) is 5.63. The van der Waals surface area contributed by atoms with Crippen LogP contribution in [-0.4, -0.2) is 24.8 Å². The van der Waals surface area contributed by atoms with Gasteiger partial charge >= 0.3 is 0 Å². The van der Waals surface area contributed by atoms with Crippen LogP contribution in [0.1, 0.15) is 34.5 Å². The van der Waals surface area contributed by atoms with Gasteiger partial charge in [-0.2, -0.15) is 0 Å². The molecule has 0 radical (unpaired) electrons. The van der Waals surface area contributed by atoms with Gasteiger partial charge in [0.2, 0.25) is 0 Å². The van der Waals surface area contributed by atoms with Crippen LogP contribution in [0.15, 0.2) is 78.9 Å². The molecule has 0 aliphatic rings. The quantitative estimate of drug-likeness (QED) is 0.546. The lowest BCUT2D eigenvalue weighted by molar-refractivity contribution is 0.103. The Bertz CT molecular complexity index is 840. The average molecular weight is 366 g/mol. The van der Waals surface area contributed by atoms with E-state index in [2.05, 4.69) is 50.2 Å². The molecule has 3 heteroatoms. The van der Waals surface area contributed by atoms with Gasteiger partial charge in [0.1, 0.15) is 0 Å². The standard InChI is InChI=1S/C23H23NO.ClH/c1-17(24(2)3)18-9-11-19(12-10-18)20-13-15-22(16-14-20)23(25)21-7-5-4-6-8-21;/h4-17H,1-3H3;1H. The third kappa shape index (κ3) is 4.40. The summed E-state index contributed by atoms with van der Waals surface area (Å²) in [7, 11) is 4.17. The lowest BCUT2D eigenvalue weighted by atomic mass is 9.98. The van der Waals surface area contributed by atoms with Crippen LogP contribution in [0.3, 0.4) is 0 Å². The minimum absolute atomic E-state index is 0. The van der Waals surface area contributed by atoms with Crippen molar-refractivity contribution in [2.45, 2.75) is 13.0 Å². The van der Waals surface area contributed by atoms with Gasteiger partial charge in [0, 0.05) is 17.2 Å². The highest BCUT2D eigenvalue weighted by molar-refractivity contribution is 6.09. The first kappa shape index (κ1) is 19.9. The zero-order valence-electron chi connectivity index (χ0n) is 15.3. The molecule has 0 aliphatic carbocycles. The Balaban J connectivity index is 0.00000243. The van der Waals surface area contributed by atoms with Gasteiger partial charge in [-0.05, 0) is 37.7 Å². The molecule has 0 amide bonds. The normalized spacial score (nSPS) is 11.7. The van der Waals surface area contributed by atoms with Crippen LogP contribution in [0, 0.1) is 0 Å². The summed E-state index contributed by atoms with van der Waals surface area (Å²) in [4.78, 5) is 14.7. The van der Waals surface area contributed by atoms with Gasteiger partial charge in [-0.15, -0.1) is 12.4 Å². The molecule has 1 unspecified atom stereocenters. The topological polar surface area (TPSA) is 20.3 Å². The maximum absolute atomic E-state index is 12.5. The average Bonchev–Trinajstić information content (AvgIpc) is 2.67. The van der Waals surface area contributed by atoms with E-state index in [1.807, 2.05) is 54.6 Å². The molecule has 0 saturated carbocycles. The van der Waals surface area contributed by atoms with Gasteiger partial charge in [-0.3, -0.25) is 4.79 Å². The van der Waals surface area contributed by atoms with Gasteiger partial charge in [0.15, 0.2) is 5.78 Å². The third-order valence-corrected chi connectivity index (χ3v) is 4.68. The van der Waals surface area contributed by atoms with E-state index in [4.69, 9.17) is 0 Å². The number of ketones is 1. The van der Waals surface area contributed by atoms with Gasteiger partial charge in [-0.1, -0.05) is 78.9 Å². The van der Waals surface area contributed by atoms with E-state index in [1.165, 1.54) is 5.56 Å². The molecule has 3 aromatic carbocycles.